The largest absolute Gasteiger partial charge is 0.484 e. The van der Waals surface area contributed by atoms with Gasteiger partial charge < -0.3 is 15.0 Å². The minimum absolute atomic E-state index is 0. The molecule has 1 N–H and O–H groups in total. The summed E-state index contributed by atoms with van der Waals surface area (Å²) in [5.41, 5.74) is -0.0473. The van der Waals surface area contributed by atoms with Crippen molar-refractivity contribution in [2.45, 2.75) is 6.42 Å². The summed E-state index contributed by atoms with van der Waals surface area (Å²) in [5, 5.41) is 13.9. The molecule has 1 saturated heterocycles. The summed E-state index contributed by atoms with van der Waals surface area (Å²) in [6.07, 6.45) is 0.919. The minimum Gasteiger partial charge on any atom is -0.484 e. The molecule has 0 aliphatic carbocycles. The highest BCUT2D eigenvalue weighted by Gasteiger charge is 2.16. The van der Waals surface area contributed by atoms with E-state index in [1.165, 1.54) is 18.2 Å². The number of halogens is 1. The van der Waals surface area contributed by atoms with Gasteiger partial charge in [0.15, 0.2) is 6.61 Å². The number of non-ortho nitro benzene ring substituents is 1. The van der Waals surface area contributed by atoms with E-state index in [0.29, 0.717) is 18.8 Å². The van der Waals surface area contributed by atoms with Gasteiger partial charge in [-0.2, -0.15) is 0 Å². The first-order valence-electron chi connectivity index (χ1n) is 6.52. The summed E-state index contributed by atoms with van der Waals surface area (Å²) in [6.45, 7) is 2.97. The van der Waals surface area contributed by atoms with E-state index in [4.69, 9.17) is 4.74 Å². The molecule has 0 radical (unpaired) electrons. The molecule has 1 aromatic rings. The molecule has 0 atom stereocenters. The van der Waals surface area contributed by atoms with Crippen molar-refractivity contribution in [3.8, 4) is 5.75 Å². The zero-order chi connectivity index (χ0) is 14.4. The van der Waals surface area contributed by atoms with Gasteiger partial charge in [0, 0.05) is 25.7 Å². The van der Waals surface area contributed by atoms with Crippen LogP contribution < -0.4 is 10.1 Å². The molecule has 21 heavy (non-hydrogen) atoms. The van der Waals surface area contributed by atoms with Gasteiger partial charge in [-0.15, -0.1) is 12.4 Å². The van der Waals surface area contributed by atoms with E-state index in [-0.39, 0.29) is 30.6 Å². The Morgan fingerprint density at radius 1 is 1.38 bits per heavy atom. The molecule has 0 saturated carbocycles. The van der Waals surface area contributed by atoms with Gasteiger partial charge in [-0.1, -0.05) is 6.07 Å². The Kier molecular flexibility index (Phi) is 6.90. The smallest absolute Gasteiger partial charge is 0.273 e. The second kappa shape index (κ2) is 8.43. The number of carbonyl (C=O) groups is 1. The summed E-state index contributed by atoms with van der Waals surface area (Å²) >= 11 is 0. The van der Waals surface area contributed by atoms with Crippen molar-refractivity contribution in [3.63, 3.8) is 0 Å². The molecule has 1 aliphatic rings. The normalized spacial score (nSPS) is 14.8. The van der Waals surface area contributed by atoms with Gasteiger partial charge in [0.25, 0.3) is 11.6 Å². The third kappa shape index (κ3) is 5.20. The number of nitro benzene ring substituents is 1. The average molecular weight is 316 g/mol. The molecular weight excluding hydrogens is 298 g/mol. The van der Waals surface area contributed by atoms with Gasteiger partial charge in [-0.05, 0) is 19.0 Å². The van der Waals surface area contributed by atoms with Crippen LogP contribution in [0.2, 0.25) is 0 Å². The molecule has 0 unspecified atom stereocenters. The van der Waals surface area contributed by atoms with Gasteiger partial charge in [0.05, 0.1) is 11.0 Å². The number of hydrogen-bond donors (Lipinski definition) is 1. The number of nitrogens with one attached hydrogen (secondary N) is 1. The number of ether oxygens (including phenoxy) is 1. The van der Waals surface area contributed by atoms with Crippen LogP contribution in [0.3, 0.4) is 0 Å². The first-order valence-corrected chi connectivity index (χ1v) is 6.52. The Morgan fingerprint density at radius 3 is 2.95 bits per heavy atom. The highest BCUT2D eigenvalue weighted by Crippen LogP contribution is 2.19. The highest BCUT2D eigenvalue weighted by atomic mass is 35.5. The molecule has 7 nitrogen and oxygen atoms in total. The Labute approximate surface area is 128 Å². The van der Waals surface area contributed by atoms with Crippen LogP contribution in [0.15, 0.2) is 24.3 Å². The SMILES string of the molecule is Cl.O=C(COc1cccc([N+](=O)[O-])c1)N1CCCNCC1. The summed E-state index contributed by atoms with van der Waals surface area (Å²) in [7, 11) is 0. The lowest BCUT2D eigenvalue weighted by Crippen LogP contribution is -2.37. The third-order valence-corrected chi connectivity index (χ3v) is 3.08. The van der Waals surface area contributed by atoms with E-state index in [1.807, 2.05) is 0 Å². The third-order valence-electron chi connectivity index (χ3n) is 3.08. The molecule has 8 heteroatoms. The molecule has 2 rings (SSSR count). The molecule has 1 heterocycles. The summed E-state index contributed by atoms with van der Waals surface area (Å²) in [6, 6.07) is 5.84. The van der Waals surface area contributed by atoms with Crippen molar-refractivity contribution < 1.29 is 14.5 Å². The molecule has 1 aromatic carbocycles. The molecule has 1 aliphatic heterocycles. The van der Waals surface area contributed by atoms with Gasteiger partial charge in [-0.3, -0.25) is 14.9 Å². The molecule has 0 aromatic heterocycles. The predicted octanol–water partition coefficient (Wildman–Crippen LogP) is 1.22. The Hall–Kier alpha value is -1.86. The lowest BCUT2D eigenvalue weighted by Gasteiger charge is -2.19. The van der Waals surface area contributed by atoms with E-state index in [0.717, 1.165) is 19.5 Å². The van der Waals surface area contributed by atoms with Crippen LogP contribution >= 0.6 is 12.4 Å². The van der Waals surface area contributed by atoms with Crippen LogP contribution in [0, 0.1) is 10.1 Å². The van der Waals surface area contributed by atoms with Crippen LogP contribution in [0.5, 0.6) is 5.75 Å². The number of amides is 1. The maximum Gasteiger partial charge on any atom is 0.273 e. The van der Waals surface area contributed by atoms with Gasteiger partial charge in [0.2, 0.25) is 0 Å². The highest BCUT2D eigenvalue weighted by molar-refractivity contribution is 5.85. The van der Waals surface area contributed by atoms with Gasteiger partial charge in [0.1, 0.15) is 5.75 Å². The van der Waals surface area contributed by atoms with Crippen molar-refractivity contribution in [1.29, 1.82) is 0 Å². The number of rotatable bonds is 4. The van der Waals surface area contributed by atoms with Crippen molar-refractivity contribution in [3.05, 3.63) is 34.4 Å². The van der Waals surface area contributed by atoms with Gasteiger partial charge >= 0.3 is 0 Å². The van der Waals surface area contributed by atoms with Crippen LogP contribution in [-0.4, -0.2) is 48.5 Å². The van der Waals surface area contributed by atoms with Crippen LogP contribution in [0.25, 0.3) is 0 Å². The first-order chi connectivity index (χ1) is 9.66. The summed E-state index contributed by atoms with van der Waals surface area (Å²) in [4.78, 5) is 23.9. The lowest BCUT2D eigenvalue weighted by atomic mass is 10.3. The second-order valence-electron chi connectivity index (χ2n) is 4.53. The Bertz CT molecular complexity index is 490. The minimum atomic E-state index is -0.491. The molecule has 1 fully saturated rings. The zero-order valence-electron chi connectivity index (χ0n) is 11.5. The monoisotopic (exact) mass is 315 g/mol. The fourth-order valence-corrected chi connectivity index (χ4v) is 2.02. The number of nitro groups is 1. The molecular formula is C13H18ClN3O4. The van der Waals surface area contributed by atoms with Crippen molar-refractivity contribution in [2.24, 2.45) is 0 Å². The number of hydrogen-bond acceptors (Lipinski definition) is 5. The van der Waals surface area contributed by atoms with Gasteiger partial charge in [-0.25, -0.2) is 0 Å². The van der Waals surface area contributed by atoms with Crippen molar-refractivity contribution in [2.75, 3.05) is 32.8 Å². The first kappa shape index (κ1) is 17.2. The average Bonchev–Trinajstić information content (AvgIpc) is 2.74. The fourth-order valence-electron chi connectivity index (χ4n) is 2.02. The predicted molar refractivity (Wildman–Crippen MR) is 79.9 cm³/mol. The van der Waals surface area contributed by atoms with Crippen molar-refractivity contribution >= 4 is 24.0 Å². The molecule has 116 valence electrons. The number of carbonyl (C=O) groups excluding carboxylic acids is 1. The van der Waals surface area contributed by atoms with E-state index in [1.54, 1.807) is 11.0 Å². The van der Waals surface area contributed by atoms with E-state index >= 15 is 0 Å². The van der Waals surface area contributed by atoms with Crippen LogP contribution in [0.1, 0.15) is 6.42 Å². The van der Waals surface area contributed by atoms with E-state index in [9.17, 15) is 14.9 Å². The zero-order valence-corrected chi connectivity index (χ0v) is 12.3. The van der Waals surface area contributed by atoms with Crippen molar-refractivity contribution in [1.82, 2.24) is 10.2 Å². The maximum absolute atomic E-state index is 12.0. The second-order valence-corrected chi connectivity index (χ2v) is 4.53. The quantitative estimate of drug-likeness (QED) is 0.667. The standard InChI is InChI=1S/C13H17N3O4.ClH/c17-13(15-7-2-5-14-6-8-15)10-20-12-4-1-3-11(9-12)16(18)19;/h1,3-4,9,14H,2,5-8,10H2;1H. The molecule has 0 spiro atoms. The molecule has 0 bridgehead atoms. The summed E-state index contributed by atoms with van der Waals surface area (Å²) < 4.78 is 5.34. The van der Waals surface area contributed by atoms with E-state index < -0.39 is 4.92 Å². The Balaban J connectivity index is 0.00000220. The maximum atomic E-state index is 12.0. The lowest BCUT2D eigenvalue weighted by molar-refractivity contribution is -0.384. The topological polar surface area (TPSA) is 84.7 Å². The van der Waals surface area contributed by atoms with Crippen LogP contribution in [-0.2, 0) is 4.79 Å². The fraction of sp³-hybridized carbons (Fsp3) is 0.462. The summed E-state index contributed by atoms with van der Waals surface area (Å²) in [5.74, 6) is 0.237. The number of nitrogens with zero attached hydrogens (tertiary/aromatic N) is 2. The number of benzene rings is 1. The van der Waals surface area contributed by atoms with E-state index in [2.05, 4.69) is 5.32 Å². The van der Waals surface area contributed by atoms with Crippen LogP contribution in [0.4, 0.5) is 5.69 Å². The Morgan fingerprint density at radius 2 is 2.19 bits per heavy atom. The molecule has 1 amide bonds.